The number of pyridine rings is 1. The van der Waals surface area contributed by atoms with Gasteiger partial charge in [0.2, 0.25) is 0 Å². The molecular formula is C45H52N6O6S. The number of nitrogens with one attached hydrogen (secondary N) is 1. The molecule has 7 rings (SSSR count). The first-order valence-electron chi connectivity index (χ1n) is 20.1. The number of amides is 1. The highest BCUT2D eigenvalue weighted by molar-refractivity contribution is 7.22. The fourth-order valence-corrected chi connectivity index (χ4v) is 8.33. The normalized spacial score (nSPS) is 14.9. The zero-order valence-electron chi connectivity index (χ0n) is 34.0. The van der Waals surface area contributed by atoms with E-state index in [1.165, 1.54) is 11.3 Å². The van der Waals surface area contributed by atoms with E-state index in [1.807, 2.05) is 101 Å². The number of aryl methyl sites for hydroxylation is 1. The van der Waals surface area contributed by atoms with Crippen molar-refractivity contribution in [3.05, 3.63) is 101 Å². The lowest BCUT2D eigenvalue weighted by Crippen LogP contribution is -2.48. The van der Waals surface area contributed by atoms with Crippen molar-refractivity contribution in [1.82, 2.24) is 19.8 Å². The van der Waals surface area contributed by atoms with E-state index < -0.39 is 11.6 Å². The second-order valence-electron chi connectivity index (χ2n) is 15.7. The molecule has 1 saturated heterocycles. The highest BCUT2D eigenvalue weighted by atomic mass is 32.1. The Morgan fingerprint density at radius 1 is 0.879 bits per heavy atom. The molecule has 12 nitrogen and oxygen atoms in total. The van der Waals surface area contributed by atoms with Crippen LogP contribution in [0.25, 0.3) is 21.3 Å². The summed E-state index contributed by atoms with van der Waals surface area (Å²) in [5.74, 6) is 0.525. The van der Waals surface area contributed by atoms with E-state index >= 15 is 0 Å². The third-order valence-corrected chi connectivity index (χ3v) is 11.3. The van der Waals surface area contributed by atoms with E-state index in [4.69, 9.17) is 19.2 Å². The fourth-order valence-electron chi connectivity index (χ4n) is 7.47. The Balaban J connectivity index is 1.03. The molecule has 0 spiro atoms. The molecule has 0 saturated carbocycles. The fraction of sp³-hybridized carbons (Fsp3) is 0.400. The molecule has 304 valence electrons. The summed E-state index contributed by atoms with van der Waals surface area (Å²) in [6.07, 6.45) is 1.60. The van der Waals surface area contributed by atoms with Crippen LogP contribution < -0.4 is 15.0 Å². The second kappa shape index (κ2) is 18.0. The van der Waals surface area contributed by atoms with Crippen molar-refractivity contribution in [2.24, 2.45) is 0 Å². The van der Waals surface area contributed by atoms with Gasteiger partial charge in [-0.3, -0.25) is 19.8 Å². The number of ether oxygens (including phenoxy) is 3. The highest BCUT2D eigenvalue weighted by Gasteiger charge is 2.28. The van der Waals surface area contributed by atoms with E-state index in [1.54, 1.807) is 0 Å². The van der Waals surface area contributed by atoms with E-state index in [2.05, 4.69) is 31.1 Å². The zero-order chi connectivity index (χ0) is 40.8. The maximum atomic E-state index is 13.8. The highest BCUT2D eigenvalue weighted by Crippen LogP contribution is 2.34. The van der Waals surface area contributed by atoms with E-state index in [0.717, 1.165) is 83.8 Å². The van der Waals surface area contributed by atoms with Crippen molar-refractivity contribution < 1.29 is 28.6 Å². The molecule has 1 amide bonds. The predicted octanol–water partition coefficient (Wildman–Crippen LogP) is 7.39. The van der Waals surface area contributed by atoms with Gasteiger partial charge in [0.15, 0.2) is 10.8 Å². The number of aromatic nitrogens is 2. The third kappa shape index (κ3) is 10.0. The van der Waals surface area contributed by atoms with Crippen molar-refractivity contribution in [2.45, 2.75) is 59.6 Å². The van der Waals surface area contributed by atoms with Gasteiger partial charge in [-0.15, -0.1) is 0 Å². The van der Waals surface area contributed by atoms with Gasteiger partial charge in [0.25, 0.3) is 5.91 Å². The summed E-state index contributed by atoms with van der Waals surface area (Å²) in [5, 5.41) is 3.58. The molecule has 1 N–H and O–H groups in total. The largest absolute Gasteiger partial charge is 0.494 e. The molecule has 1 fully saturated rings. The van der Waals surface area contributed by atoms with Crippen LogP contribution in [0.4, 0.5) is 10.9 Å². The Labute approximate surface area is 344 Å². The quantitative estimate of drug-likeness (QED) is 0.0947. The van der Waals surface area contributed by atoms with Gasteiger partial charge in [0.1, 0.15) is 17.2 Å². The van der Waals surface area contributed by atoms with Crippen molar-refractivity contribution in [3.63, 3.8) is 0 Å². The second-order valence-corrected chi connectivity index (χ2v) is 16.8. The zero-order valence-corrected chi connectivity index (χ0v) is 34.8. The van der Waals surface area contributed by atoms with Crippen molar-refractivity contribution in [3.8, 4) is 16.9 Å². The van der Waals surface area contributed by atoms with Gasteiger partial charge in [-0.2, -0.15) is 0 Å². The van der Waals surface area contributed by atoms with E-state index in [-0.39, 0.29) is 17.6 Å². The molecule has 2 aromatic heterocycles. The number of carbonyl (C=O) groups excluding carboxylic acids is 3. The minimum atomic E-state index is -0.718. The SMILES string of the molecule is CCOC(=O)CN1CCN(CCCOc2ccc(-c3ccc(N4CCc5cccc(C(=O)Nc6nc7ccccc7s6)c5C4)nc3C(=O)OC(C)(C)C)c(C)c2)CC1. The van der Waals surface area contributed by atoms with Gasteiger partial charge < -0.3 is 24.0 Å². The van der Waals surface area contributed by atoms with Crippen LogP contribution in [-0.4, -0.2) is 102 Å². The molecule has 13 heteroatoms. The van der Waals surface area contributed by atoms with Gasteiger partial charge in [0, 0.05) is 56.9 Å². The number of hydrogen-bond donors (Lipinski definition) is 1. The molecule has 0 bridgehead atoms. The number of carbonyl (C=O) groups is 3. The molecule has 2 aliphatic rings. The molecule has 58 heavy (non-hydrogen) atoms. The van der Waals surface area contributed by atoms with Crippen LogP contribution >= 0.6 is 11.3 Å². The van der Waals surface area contributed by atoms with Crippen molar-refractivity contribution in [2.75, 3.05) is 69.2 Å². The molecule has 0 radical (unpaired) electrons. The minimum absolute atomic E-state index is 0.163. The number of piperazine rings is 1. The lowest BCUT2D eigenvalue weighted by molar-refractivity contribution is -0.144. The van der Waals surface area contributed by atoms with Crippen LogP contribution in [0.3, 0.4) is 0 Å². The number of esters is 2. The molecular weight excluding hydrogens is 753 g/mol. The maximum Gasteiger partial charge on any atom is 0.358 e. The monoisotopic (exact) mass is 804 g/mol. The Morgan fingerprint density at radius 2 is 1.66 bits per heavy atom. The number of benzene rings is 3. The van der Waals surface area contributed by atoms with Crippen LogP contribution in [0.15, 0.2) is 72.8 Å². The topological polar surface area (TPSA) is 126 Å². The number of rotatable bonds is 13. The molecule has 3 aromatic carbocycles. The predicted molar refractivity (Wildman–Crippen MR) is 228 cm³/mol. The van der Waals surface area contributed by atoms with E-state index in [0.29, 0.717) is 54.9 Å². The summed E-state index contributed by atoms with van der Waals surface area (Å²) >= 11 is 1.45. The molecule has 2 aliphatic heterocycles. The number of fused-ring (bicyclic) bond motifs is 2. The van der Waals surface area contributed by atoms with Crippen LogP contribution in [0.5, 0.6) is 5.75 Å². The maximum absolute atomic E-state index is 13.8. The van der Waals surface area contributed by atoms with Gasteiger partial charge in [-0.1, -0.05) is 41.7 Å². The third-order valence-electron chi connectivity index (χ3n) is 10.3. The van der Waals surface area contributed by atoms with E-state index in [9.17, 15) is 14.4 Å². The lowest BCUT2D eigenvalue weighted by Gasteiger charge is -2.34. The summed E-state index contributed by atoms with van der Waals surface area (Å²) < 4.78 is 18.2. The summed E-state index contributed by atoms with van der Waals surface area (Å²) in [5.41, 5.74) is 5.49. The van der Waals surface area contributed by atoms with Gasteiger partial charge in [-0.05, 0) is 112 Å². The van der Waals surface area contributed by atoms with Gasteiger partial charge in [0.05, 0.1) is 30.0 Å². The minimum Gasteiger partial charge on any atom is -0.494 e. The van der Waals surface area contributed by atoms with Crippen molar-refractivity contribution in [1.29, 1.82) is 0 Å². The first kappa shape index (κ1) is 40.8. The summed E-state index contributed by atoms with van der Waals surface area (Å²) in [6, 6.07) is 23.5. The molecule has 4 heterocycles. The molecule has 0 unspecified atom stereocenters. The number of para-hydroxylation sites is 1. The van der Waals surface area contributed by atoms with Gasteiger partial charge in [-0.25, -0.2) is 14.8 Å². The summed E-state index contributed by atoms with van der Waals surface area (Å²) in [6.45, 7) is 16.3. The molecule has 5 aromatic rings. The van der Waals surface area contributed by atoms with Crippen LogP contribution in [0, 0.1) is 6.92 Å². The molecule has 0 atom stereocenters. The van der Waals surface area contributed by atoms with Crippen LogP contribution in [0.2, 0.25) is 0 Å². The first-order chi connectivity index (χ1) is 27.9. The smallest absolute Gasteiger partial charge is 0.358 e. The Bertz CT molecular complexity index is 2240. The van der Waals surface area contributed by atoms with Crippen LogP contribution in [0.1, 0.15) is 71.7 Å². The van der Waals surface area contributed by atoms with Gasteiger partial charge >= 0.3 is 11.9 Å². The summed E-state index contributed by atoms with van der Waals surface area (Å²) in [7, 11) is 0. The number of anilines is 2. The average Bonchev–Trinajstić information content (AvgIpc) is 3.61. The number of nitrogens with zero attached hydrogens (tertiary/aromatic N) is 5. The van der Waals surface area contributed by atoms with Crippen molar-refractivity contribution >= 4 is 50.3 Å². The Hall–Kier alpha value is -5.37. The Kier molecular flexibility index (Phi) is 12.7. The average molecular weight is 805 g/mol. The summed E-state index contributed by atoms with van der Waals surface area (Å²) in [4.78, 5) is 55.5. The first-order valence-corrected chi connectivity index (χ1v) is 20.9. The number of hydrogen-bond acceptors (Lipinski definition) is 12. The Morgan fingerprint density at radius 3 is 2.41 bits per heavy atom. The molecule has 0 aliphatic carbocycles. The lowest BCUT2D eigenvalue weighted by atomic mass is 9.94. The standard InChI is InChI=1S/C45H52N6O6S/c1-6-55-40(52)29-50-24-22-49(23-25-50)20-10-26-56-32-15-16-33(30(2)27-32)34-17-18-39(47-41(34)43(54)57-45(3,4)5)51-21-19-31-11-9-12-35(36(31)28-51)42(53)48-44-46-37-13-7-8-14-38(37)58-44/h7-9,11-18,27H,6,10,19-26,28-29H2,1-5H3,(H,46,48,53). The van der Waals surface area contributed by atoms with Crippen LogP contribution in [-0.2, 0) is 27.2 Å². The number of thiazole rings is 1.